The van der Waals surface area contributed by atoms with E-state index in [9.17, 15) is 8.42 Å². The molecule has 1 aromatic heterocycles. The number of hydrogen-bond acceptors (Lipinski definition) is 4. The quantitative estimate of drug-likeness (QED) is 0.337. The summed E-state index contributed by atoms with van der Waals surface area (Å²) < 4.78 is 25.2. The first-order chi connectivity index (χ1) is 11.0. The molecule has 0 radical (unpaired) electrons. The fraction of sp³-hybridized carbons (Fsp3) is 0.667. The Bertz CT molecular complexity index is 556. The van der Waals surface area contributed by atoms with Crippen molar-refractivity contribution >= 4 is 27.3 Å². The average Bonchev–Trinajstić information content (AvgIpc) is 3.06. The van der Waals surface area contributed by atoms with Crippen molar-refractivity contribution in [1.82, 2.24) is 15.4 Å². The summed E-state index contributed by atoms with van der Waals surface area (Å²) in [6.45, 7) is 8.43. The molecular weight excluding hydrogens is 332 g/mol. The summed E-state index contributed by atoms with van der Waals surface area (Å²) in [6, 6.07) is 2.13. The first-order valence-electron chi connectivity index (χ1n) is 8.00. The summed E-state index contributed by atoms with van der Waals surface area (Å²) >= 11 is 1.70. The average molecular weight is 361 g/mol. The SMILES string of the molecule is CCNC(=NCC(C)c1ccsc1)NCCCNS(=O)(=O)CC. The molecule has 0 aliphatic heterocycles. The molecule has 23 heavy (non-hydrogen) atoms. The van der Waals surface area contributed by atoms with Crippen LogP contribution in [0, 0.1) is 0 Å². The highest BCUT2D eigenvalue weighted by atomic mass is 32.2. The van der Waals surface area contributed by atoms with Crippen molar-refractivity contribution in [2.75, 3.05) is 31.9 Å². The Morgan fingerprint density at radius 1 is 1.30 bits per heavy atom. The van der Waals surface area contributed by atoms with Gasteiger partial charge in [0.05, 0.1) is 5.75 Å². The summed E-state index contributed by atoms with van der Waals surface area (Å²) in [5.74, 6) is 1.27. The van der Waals surface area contributed by atoms with E-state index < -0.39 is 10.0 Å². The molecule has 1 heterocycles. The van der Waals surface area contributed by atoms with Crippen molar-refractivity contribution in [3.8, 4) is 0 Å². The van der Waals surface area contributed by atoms with Gasteiger partial charge in [0.2, 0.25) is 10.0 Å². The lowest BCUT2D eigenvalue weighted by molar-refractivity contribution is 0.579. The molecule has 6 nitrogen and oxygen atoms in total. The van der Waals surface area contributed by atoms with Gasteiger partial charge in [0, 0.05) is 32.1 Å². The summed E-state index contributed by atoms with van der Waals surface area (Å²) in [5.41, 5.74) is 1.31. The fourth-order valence-electron chi connectivity index (χ4n) is 1.86. The van der Waals surface area contributed by atoms with Crippen LogP contribution in [0.1, 0.15) is 38.7 Å². The lowest BCUT2D eigenvalue weighted by Crippen LogP contribution is -2.39. The maximum atomic E-state index is 11.3. The maximum Gasteiger partial charge on any atom is 0.211 e. The molecule has 1 aromatic rings. The van der Waals surface area contributed by atoms with E-state index in [0.717, 1.165) is 12.5 Å². The van der Waals surface area contributed by atoms with Crippen molar-refractivity contribution in [3.63, 3.8) is 0 Å². The van der Waals surface area contributed by atoms with Crippen LogP contribution in [-0.4, -0.2) is 46.3 Å². The Kier molecular flexibility index (Phi) is 9.20. The van der Waals surface area contributed by atoms with E-state index in [-0.39, 0.29) is 5.75 Å². The molecule has 0 aliphatic rings. The Morgan fingerprint density at radius 2 is 2.09 bits per heavy atom. The highest BCUT2D eigenvalue weighted by Gasteiger charge is 2.07. The van der Waals surface area contributed by atoms with E-state index >= 15 is 0 Å². The van der Waals surface area contributed by atoms with Gasteiger partial charge in [-0.1, -0.05) is 6.92 Å². The Balaban J connectivity index is 2.35. The van der Waals surface area contributed by atoms with Gasteiger partial charge in [0.25, 0.3) is 0 Å². The molecule has 0 saturated carbocycles. The number of guanidine groups is 1. The topological polar surface area (TPSA) is 82.6 Å². The van der Waals surface area contributed by atoms with Crippen LogP contribution in [0.4, 0.5) is 0 Å². The molecule has 3 N–H and O–H groups in total. The molecule has 1 rings (SSSR count). The third kappa shape index (κ3) is 8.34. The maximum absolute atomic E-state index is 11.3. The van der Waals surface area contributed by atoms with Crippen molar-refractivity contribution in [1.29, 1.82) is 0 Å². The lowest BCUT2D eigenvalue weighted by atomic mass is 10.1. The van der Waals surface area contributed by atoms with E-state index in [2.05, 4.69) is 44.1 Å². The predicted molar refractivity (Wildman–Crippen MR) is 98.8 cm³/mol. The van der Waals surface area contributed by atoms with Crippen LogP contribution in [0.15, 0.2) is 21.8 Å². The van der Waals surface area contributed by atoms with Gasteiger partial charge in [-0.3, -0.25) is 4.99 Å². The predicted octanol–water partition coefficient (Wildman–Crippen LogP) is 1.74. The largest absolute Gasteiger partial charge is 0.357 e. The number of rotatable bonds is 10. The molecule has 1 unspecified atom stereocenters. The zero-order chi connectivity index (χ0) is 17.1. The highest BCUT2D eigenvalue weighted by Crippen LogP contribution is 2.18. The Hall–Kier alpha value is -1.12. The van der Waals surface area contributed by atoms with Crippen LogP contribution in [0.3, 0.4) is 0 Å². The van der Waals surface area contributed by atoms with Crippen LogP contribution in [-0.2, 0) is 10.0 Å². The normalized spacial score (nSPS) is 13.8. The highest BCUT2D eigenvalue weighted by molar-refractivity contribution is 7.89. The lowest BCUT2D eigenvalue weighted by Gasteiger charge is -2.13. The number of nitrogens with zero attached hydrogens (tertiary/aromatic N) is 1. The first-order valence-corrected chi connectivity index (χ1v) is 10.6. The van der Waals surface area contributed by atoms with Crippen molar-refractivity contribution in [2.45, 2.75) is 33.1 Å². The monoisotopic (exact) mass is 360 g/mol. The molecule has 0 aliphatic carbocycles. The molecule has 0 bridgehead atoms. The molecule has 0 aromatic carbocycles. The van der Waals surface area contributed by atoms with Crippen LogP contribution in [0.2, 0.25) is 0 Å². The van der Waals surface area contributed by atoms with E-state index in [1.165, 1.54) is 5.56 Å². The standard InChI is InChI=1S/C15H28N4O2S2/c1-4-16-15(17-8-6-9-19-23(20,21)5-2)18-11-13(3)14-7-10-22-12-14/h7,10,12-13,19H,4-6,8-9,11H2,1-3H3,(H2,16,17,18). The third-order valence-corrected chi connectivity index (χ3v) is 5.43. The van der Waals surface area contributed by atoms with E-state index in [4.69, 9.17) is 0 Å². The molecule has 0 saturated heterocycles. The Labute approximate surface area is 143 Å². The van der Waals surface area contributed by atoms with Gasteiger partial charge in [-0.25, -0.2) is 13.1 Å². The molecule has 0 amide bonds. The zero-order valence-corrected chi connectivity index (χ0v) is 15.8. The van der Waals surface area contributed by atoms with Gasteiger partial charge in [-0.15, -0.1) is 0 Å². The summed E-state index contributed by atoms with van der Waals surface area (Å²) in [4.78, 5) is 4.59. The molecule has 0 spiro atoms. The summed E-state index contributed by atoms with van der Waals surface area (Å²) in [5, 5.41) is 10.7. The van der Waals surface area contributed by atoms with Crippen LogP contribution in [0.25, 0.3) is 0 Å². The van der Waals surface area contributed by atoms with E-state index in [1.807, 2.05) is 6.92 Å². The second-order valence-electron chi connectivity index (χ2n) is 5.26. The number of hydrogen-bond donors (Lipinski definition) is 3. The number of thiophene rings is 1. The third-order valence-electron chi connectivity index (χ3n) is 3.33. The fourth-order valence-corrected chi connectivity index (χ4v) is 3.30. The van der Waals surface area contributed by atoms with Crippen LogP contribution >= 0.6 is 11.3 Å². The minimum Gasteiger partial charge on any atom is -0.357 e. The second-order valence-corrected chi connectivity index (χ2v) is 8.13. The van der Waals surface area contributed by atoms with Gasteiger partial charge in [-0.05, 0) is 42.7 Å². The smallest absolute Gasteiger partial charge is 0.211 e. The van der Waals surface area contributed by atoms with Crippen molar-refractivity contribution in [3.05, 3.63) is 22.4 Å². The van der Waals surface area contributed by atoms with E-state index in [1.54, 1.807) is 18.3 Å². The molecule has 1 atom stereocenters. The number of nitrogens with one attached hydrogen (secondary N) is 3. The van der Waals surface area contributed by atoms with Gasteiger partial charge in [0.1, 0.15) is 0 Å². The molecular formula is C15H28N4O2S2. The second kappa shape index (κ2) is 10.6. The van der Waals surface area contributed by atoms with E-state index in [0.29, 0.717) is 32.0 Å². The van der Waals surface area contributed by atoms with Gasteiger partial charge in [0.15, 0.2) is 5.96 Å². The number of sulfonamides is 1. The minimum absolute atomic E-state index is 0.116. The van der Waals surface area contributed by atoms with Gasteiger partial charge in [-0.2, -0.15) is 11.3 Å². The number of aliphatic imine (C=N–C) groups is 1. The van der Waals surface area contributed by atoms with Crippen LogP contribution in [0.5, 0.6) is 0 Å². The van der Waals surface area contributed by atoms with Crippen LogP contribution < -0.4 is 15.4 Å². The molecule has 132 valence electrons. The molecule has 8 heteroatoms. The van der Waals surface area contributed by atoms with Crippen molar-refractivity contribution in [2.24, 2.45) is 4.99 Å². The molecule has 0 fully saturated rings. The van der Waals surface area contributed by atoms with Gasteiger partial charge >= 0.3 is 0 Å². The minimum atomic E-state index is -3.10. The van der Waals surface area contributed by atoms with Crippen molar-refractivity contribution < 1.29 is 8.42 Å². The zero-order valence-electron chi connectivity index (χ0n) is 14.1. The summed E-state index contributed by atoms with van der Waals surface area (Å²) in [6.07, 6.45) is 0.712. The van der Waals surface area contributed by atoms with Gasteiger partial charge < -0.3 is 10.6 Å². The first kappa shape index (κ1) is 19.9. The summed E-state index contributed by atoms with van der Waals surface area (Å²) in [7, 11) is -3.10. The Morgan fingerprint density at radius 3 is 2.70 bits per heavy atom.